The summed E-state index contributed by atoms with van der Waals surface area (Å²) in [5.74, 6) is 1.79. The SMILES string of the molecule is Cl.O=C1C(Cc2c(Cl)cc(-c3ccc(OCC4CCNCC4)cc3)cc2Cl)CCN1C1CCCCC1. The third kappa shape index (κ3) is 6.51. The number of carbonyl (C=O) groups is 1. The van der Waals surface area contributed by atoms with Crippen LogP contribution < -0.4 is 10.1 Å². The number of hydrogen-bond donors (Lipinski definition) is 1. The third-order valence-corrected chi connectivity index (χ3v) is 8.76. The summed E-state index contributed by atoms with van der Waals surface area (Å²) in [7, 11) is 0. The highest BCUT2D eigenvalue weighted by molar-refractivity contribution is 6.36. The third-order valence-electron chi connectivity index (χ3n) is 8.09. The molecule has 2 aliphatic heterocycles. The molecule has 3 fully saturated rings. The molecule has 0 spiro atoms. The van der Waals surface area contributed by atoms with Crippen molar-refractivity contribution in [3.05, 3.63) is 52.0 Å². The van der Waals surface area contributed by atoms with E-state index in [1.165, 1.54) is 32.1 Å². The normalized spacial score (nSPS) is 21.4. The minimum Gasteiger partial charge on any atom is -0.493 e. The number of ether oxygens (including phenoxy) is 1. The molecule has 1 amide bonds. The van der Waals surface area contributed by atoms with Gasteiger partial charge >= 0.3 is 0 Å². The van der Waals surface area contributed by atoms with Gasteiger partial charge in [-0.1, -0.05) is 54.6 Å². The predicted octanol–water partition coefficient (Wildman–Crippen LogP) is 7.18. The second-order valence-corrected chi connectivity index (χ2v) is 11.3. The van der Waals surface area contributed by atoms with Crippen molar-refractivity contribution in [1.29, 1.82) is 0 Å². The number of benzene rings is 2. The summed E-state index contributed by atoms with van der Waals surface area (Å²) in [6.45, 7) is 3.80. The van der Waals surface area contributed by atoms with Crippen LogP contribution in [0.4, 0.5) is 0 Å². The number of hydrogen-bond acceptors (Lipinski definition) is 3. The minimum absolute atomic E-state index is 0. The number of piperidine rings is 1. The van der Waals surface area contributed by atoms with Crippen molar-refractivity contribution < 1.29 is 9.53 Å². The molecule has 1 saturated carbocycles. The van der Waals surface area contributed by atoms with Crippen molar-refractivity contribution in [3.63, 3.8) is 0 Å². The standard InChI is InChI=1S/C29H36Cl2N2O2.ClH/c30-27-17-23(21-6-8-25(9-7-21)35-19-20-10-13-32-14-11-20)18-28(31)26(27)16-22-12-15-33(29(22)34)24-4-2-1-3-5-24;/h6-9,17-18,20,22,24,32H,1-5,10-16,19H2;1H. The van der Waals surface area contributed by atoms with Crippen molar-refractivity contribution >= 4 is 41.5 Å². The van der Waals surface area contributed by atoms with Crippen molar-refractivity contribution in [2.24, 2.45) is 11.8 Å². The summed E-state index contributed by atoms with van der Waals surface area (Å²) in [6.07, 6.45) is 9.93. The lowest BCUT2D eigenvalue weighted by molar-refractivity contribution is -0.133. The van der Waals surface area contributed by atoms with E-state index in [4.69, 9.17) is 27.9 Å². The van der Waals surface area contributed by atoms with E-state index >= 15 is 0 Å². The molecule has 5 rings (SSSR count). The zero-order chi connectivity index (χ0) is 24.2. The Labute approximate surface area is 231 Å². The molecule has 2 aromatic rings. The molecule has 2 aromatic carbocycles. The molecule has 0 bridgehead atoms. The first-order valence-electron chi connectivity index (χ1n) is 13.3. The Morgan fingerprint density at radius 2 is 1.56 bits per heavy atom. The highest BCUT2D eigenvalue weighted by Gasteiger charge is 2.36. The molecule has 0 aromatic heterocycles. The highest BCUT2D eigenvalue weighted by atomic mass is 35.5. The van der Waals surface area contributed by atoms with Crippen LogP contribution in [0.3, 0.4) is 0 Å². The van der Waals surface area contributed by atoms with Gasteiger partial charge < -0.3 is 15.0 Å². The van der Waals surface area contributed by atoms with Crippen LogP contribution >= 0.6 is 35.6 Å². The van der Waals surface area contributed by atoms with Crippen molar-refractivity contribution in [2.75, 3.05) is 26.2 Å². The van der Waals surface area contributed by atoms with E-state index in [9.17, 15) is 4.79 Å². The van der Waals surface area contributed by atoms with E-state index in [0.717, 1.165) is 67.9 Å². The molecule has 7 heteroatoms. The second-order valence-electron chi connectivity index (χ2n) is 10.5. The molecular formula is C29H37Cl3N2O2. The summed E-state index contributed by atoms with van der Waals surface area (Å²) in [6, 6.07) is 12.5. The molecule has 1 aliphatic carbocycles. The average molecular weight is 552 g/mol. The molecule has 4 nitrogen and oxygen atoms in total. The molecule has 1 atom stereocenters. The van der Waals surface area contributed by atoms with E-state index in [1.54, 1.807) is 0 Å². The predicted molar refractivity (Wildman–Crippen MR) is 151 cm³/mol. The van der Waals surface area contributed by atoms with Crippen LogP contribution in [-0.2, 0) is 11.2 Å². The number of rotatable bonds is 7. The van der Waals surface area contributed by atoms with E-state index in [2.05, 4.69) is 22.3 Å². The van der Waals surface area contributed by atoms with Crippen LogP contribution in [0, 0.1) is 11.8 Å². The van der Waals surface area contributed by atoms with Crippen molar-refractivity contribution in [1.82, 2.24) is 10.2 Å². The second kappa shape index (κ2) is 12.9. The smallest absolute Gasteiger partial charge is 0.226 e. The Morgan fingerprint density at radius 3 is 2.22 bits per heavy atom. The van der Waals surface area contributed by atoms with E-state index in [1.807, 2.05) is 24.3 Å². The van der Waals surface area contributed by atoms with Gasteiger partial charge in [0.2, 0.25) is 5.91 Å². The Hall–Kier alpha value is -1.46. The van der Waals surface area contributed by atoms with Gasteiger partial charge in [0.15, 0.2) is 0 Å². The van der Waals surface area contributed by atoms with Gasteiger partial charge in [0.25, 0.3) is 0 Å². The number of carbonyl (C=O) groups excluding carboxylic acids is 1. The molecular weight excluding hydrogens is 515 g/mol. The first-order chi connectivity index (χ1) is 17.1. The number of amides is 1. The average Bonchev–Trinajstić information content (AvgIpc) is 3.26. The van der Waals surface area contributed by atoms with E-state index < -0.39 is 0 Å². The molecule has 1 unspecified atom stereocenters. The topological polar surface area (TPSA) is 41.6 Å². The van der Waals surface area contributed by atoms with Crippen molar-refractivity contribution in [2.45, 2.75) is 63.8 Å². The Morgan fingerprint density at radius 1 is 0.889 bits per heavy atom. The number of halogens is 3. The Balaban J connectivity index is 0.00000304. The lowest BCUT2D eigenvalue weighted by Gasteiger charge is -2.31. The fourth-order valence-electron chi connectivity index (χ4n) is 5.92. The maximum atomic E-state index is 13.1. The maximum Gasteiger partial charge on any atom is 0.226 e. The monoisotopic (exact) mass is 550 g/mol. The van der Waals surface area contributed by atoms with Crippen LogP contribution in [0.1, 0.15) is 56.9 Å². The van der Waals surface area contributed by atoms with Gasteiger partial charge in [-0.3, -0.25) is 4.79 Å². The Bertz CT molecular complexity index is 995. The Kier molecular flexibility index (Phi) is 9.85. The summed E-state index contributed by atoms with van der Waals surface area (Å²) in [5, 5.41) is 4.68. The van der Waals surface area contributed by atoms with Gasteiger partial charge in [0, 0.05) is 28.5 Å². The first kappa shape index (κ1) is 27.6. The first-order valence-corrected chi connectivity index (χ1v) is 14.1. The number of nitrogens with one attached hydrogen (secondary N) is 1. The van der Waals surface area contributed by atoms with Gasteiger partial charge in [0.05, 0.1) is 6.61 Å². The van der Waals surface area contributed by atoms with Gasteiger partial charge in [-0.2, -0.15) is 0 Å². The van der Waals surface area contributed by atoms with Gasteiger partial charge in [-0.25, -0.2) is 0 Å². The molecule has 1 N–H and O–H groups in total. The lowest BCUT2D eigenvalue weighted by Crippen LogP contribution is -2.39. The lowest BCUT2D eigenvalue weighted by atomic mass is 9.93. The minimum atomic E-state index is -0.0193. The fraction of sp³-hybridized carbons (Fsp3) is 0.552. The van der Waals surface area contributed by atoms with Crippen LogP contribution in [0.15, 0.2) is 36.4 Å². The zero-order valence-electron chi connectivity index (χ0n) is 20.8. The molecule has 0 radical (unpaired) electrons. The highest BCUT2D eigenvalue weighted by Crippen LogP contribution is 2.37. The molecule has 2 saturated heterocycles. The number of nitrogens with zero attached hydrogens (tertiary/aromatic N) is 1. The molecule has 196 valence electrons. The fourth-order valence-corrected chi connectivity index (χ4v) is 6.57. The maximum absolute atomic E-state index is 13.1. The summed E-state index contributed by atoms with van der Waals surface area (Å²) in [5.41, 5.74) is 2.92. The quantitative estimate of drug-likeness (QED) is 0.396. The summed E-state index contributed by atoms with van der Waals surface area (Å²) in [4.78, 5) is 15.3. The van der Waals surface area contributed by atoms with Crippen LogP contribution in [-0.4, -0.2) is 43.1 Å². The van der Waals surface area contributed by atoms with Gasteiger partial charge in [-0.05, 0) is 98.5 Å². The van der Waals surface area contributed by atoms with Crippen LogP contribution in [0.25, 0.3) is 11.1 Å². The number of likely N-dealkylation sites (tertiary alicyclic amines) is 1. The molecule has 36 heavy (non-hydrogen) atoms. The van der Waals surface area contributed by atoms with E-state index in [0.29, 0.717) is 28.4 Å². The zero-order valence-corrected chi connectivity index (χ0v) is 23.1. The van der Waals surface area contributed by atoms with Crippen LogP contribution in [0.2, 0.25) is 10.0 Å². The molecule has 2 heterocycles. The molecule has 3 aliphatic rings. The van der Waals surface area contributed by atoms with Gasteiger partial charge in [-0.15, -0.1) is 12.4 Å². The van der Waals surface area contributed by atoms with E-state index in [-0.39, 0.29) is 24.2 Å². The van der Waals surface area contributed by atoms with Crippen molar-refractivity contribution in [3.8, 4) is 16.9 Å². The van der Waals surface area contributed by atoms with Crippen LogP contribution in [0.5, 0.6) is 5.75 Å². The largest absolute Gasteiger partial charge is 0.493 e. The van der Waals surface area contributed by atoms with Gasteiger partial charge in [0.1, 0.15) is 5.75 Å². The summed E-state index contributed by atoms with van der Waals surface area (Å²) >= 11 is 13.4. The summed E-state index contributed by atoms with van der Waals surface area (Å²) < 4.78 is 6.02.